The third-order valence-corrected chi connectivity index (χ3v) is 6.57. The molecule has 2 aromatic rings. The first-order valence-electron chi connectivity index (χ1n) is 10.7. The van der Waals surface area contributed by atoms with E-state index in [0.717, 1.165) is 53.7 Å². The number of benzene rings is 1. The number of H-pyrrole nitrogens is 1. The first-order valence-corrected chi connectivity index (χ1v) is 10.7. The minimum atomic E-state index is -0.237. The Morgan fingerprint density at radius 1 is 1.32 bits per heavy atom. The normalized spacial score (nSPS) is 22.8. The van der Waals surface area contributed by atoms with Gasteiger partial charge in [0.15, 0.2) is 0 Å². The molecule has 4 rings (SSSR count). The van der Waals surface area contributed by atoms with E-state index in [1.54, 1.807) is 6.20 Å². The van der Waals surface area contributed by atoms with Gasteiger partial charge >= 0.3 is 0 Å². The second-order valence-corrected chi connectivity index (χ2v) is 9.00. The molecular weight excluding hydrogens is 348 g/mol. The lowest BCUT2D eigenvalue weighted by molar-refractivity contribution is 0.0108. The molecule has 0 saturated heterocycles. The largest absolute Gasteiger partial charge is 0.507 e. The Morgan fingerprint density at radius 2 is 2.14 bits per heavy atom. The lowest BCUT2D eigenvalue weighted by atomic mass is 9.67. The molecule has 2 N–H and O–H groups in total. The second-order valence-electron chi connectivity index (χ2n) is 9.00. The van der Waals surface area contributed by atoms with Crippen molar-refractivity contribution in [3.63, 3.8) is 0 Å². The molecule has 1 aromatic heterocycles. The highest BCUT2D eigenvalue weighted by Gasteiger charge is 2.45. The number of hydrogen-bond donors (Lipinski definition) is 2. The molecule has 2 aliphatic rings. The van der Waals surface area contributed by atoms with Crippen LogP contribution in [0.1, 0.15) is 76.8 Å². The molecule has 150 valence electrons. The van der Waals surface area contributed by atoms with Gasteiger partial charge in [0.1, 0.15) is 17.1 Å². The monoisotopic (exact) mass is 380 g/mol. The quantitative estimate of drug-likeness (QED) is 0.485. The summed E-state index contributed by atoms with van der Waals surface area (Å²) < 4.78 is 6.51. The third-order valence-electron chi connectivity index (χ3n) is 6.57. The van der Waals surface area contributed by atoms with Crippen molar-refractivity contribution in [2.75, 3.05) is 0 Å². The number of nitrogens with one attached hydrogen (secondary N) is 1. The van der Waals surface area contributed by atoms with Crippen LogP contribution in [0.2, 0.25) is 0 Å². The number of nitrogens with zero attached hydrogens (tertiary/aromatic N) is 1. The highest BCUT2D eigenvalue weighted by atomic mass is 16.5. The van der Waals surface area contributed by atoms with Gasteiger partial charge in [-0.1, -0.05) is 31.4 Å². The number of allylic oxidation sites excluding steroid dienone is 2. The van der Waals surface area contributed by atoms with Crippen LogP contribution in [0.25, 0.3) is 11.1 Å². The van der Waals surface area contributed by atoms with E-state index in [9.17, 15) is 5.11 Å². The van der Waals surface area contributed by atoms with Crippen LogP contribution in [0, 0.1) is 5.92 Å². The van der Waals surface area contributed by atoms with Gasteiger partial charge in [-0.2, -0.15) is 5.10 Å². The van der Waals surface area contributed by atoms with E-state index in [0.29, 0.717) is 11.7 Å². The molecule has 4 nitrogen and oxygen atoms in total. The Kier molecular flexibility index (Phi) is 4.98. The first kappa shape index (κ1) is 19.1. The fourth-order valence-electron chi connectivity index (χ4n) is 5.08. The minimum absolute atomic E-state index is 0.197. The van der Waals surface area contributed by atoms with Crippen LogP contribution >= 0.6 is 0 Å². The molecule has 1 aliphatic carbocycles. The number of unbranched alkanes of at least 4 members (excludes halogenated alkanes) is 2. The Bertz CT molecular complexity index is 881. The summed E-state index contributed by atoms with van der Waals surface area (Å²) in [6.45, 7) is 8.80. The number of fused-ring (bicyclic) bond motifs is 3. The molecule has 0 saturated carbocycles. The molecule has 1 aromatic carbocycles. The smallest absolute Gasteiger partial charge is 0.131 e. The number of aromatic nitrogens is 2. The maximum absolute atomic E-state index is 11.5. The molecular formula is C24H32N2O2. The van der Waals surface area contributed by atoms with Crippen molar-refractivity contribution in [1.29, 1.82) is 0 Å². The summed E-state index contributed by atoms with van der Waals surface area (Å²) in [6, 6.07) is 2.18. The van der Waals surface area contributed by atoms with Crippen LogP contribution in [0.3, 0.4) is 0 Å². The van der Waals surface area contributed by atoms with Gasteiger partial charge in [0, 0.05) is 34.7 Å². The van der Waals surface area contributed by atoms with Crippen LogP contribution in [0.5, 0.6) is 11.5 Å². The number of aromatic hydroxyl groups is 1. The standard InChI is InChI=1S/C24H32N2O2/c1-5-6-7-8-16-12-20-22(23(27)21(16)17-13-25-26-14-17)18-11-15(2)9-10-19(18)24(3,4)28-20/h11-14,18-19,27H,5-10H2,1-4H3,(H,25,26). The Balaban J connectivity index is 1.89. The molecule has 28 heavy (non-hydrogen) atoms. The average molecular weight is 381 g/mol. The molecule has 4 heteroatoms. The Morgan fingerprint density at radius 3 is 2.86 bits per heavy atom. The molecule has 1 aliphatic heterocycles. The van der Waals surface area contributed by atoms with Crippen molar-refractivity contribution in [3.05, 3.63) is 41.2 Å². The minimum Gasteiger partial charge on any atom is -0.507 e. The topological polar surface area (TPSA) is 58.1 Å². The zero-order valence-electron chi connectivity index (χ0n) is 17.5. The molecule has 2 unspecified atom stereocenters. The summed E-state index contributed by atoms with van der Waals surface area (Å²) in [6.07, 6.45) is 12.6. The predicted octanol–water partition coefficient (Wildman–Crippen LogP) is 6.13. The van der Waals surface area contributed by atoms with Crippen molar-refractivity contribution in [2.45, 2.75) is 77.7 Å². The summed E-state index contributed by atoms with van der Waals surface area (Å²) in [5, 5.41) is 18.5. The number of phenolic OH excluding ortho intramolecular Hbond substituents is 1. The van der Waals surface area contributed by atoms with Gasteiger partial charge in [-0.3, -0.25) is 5.10 Å². The molecule has 0 spiro atoms. The van der Waals surface area contributed by atoms with Crippen LogP contribution < -0.4 is 4.74 Å². The van der Waals surface area contributed by atoms with Crippen molar-refractivity contribution in [3.8, 4) is 22.6 Å². The summed E-state index contributed by atoms with van der Waals surface area (Å²) in [5.41, 5.74) is 5.14. The number of phenols is 1. The number of ether oxygens (including phenoxy) is 1. The predicted molar refractivity (Wildman–Crippen MR) is 113 cm³/mol. The molecule has 2 atom stereocenters. The highest BCUT2D eigenvalue weighted by molar-refractivity contribution is 5.77. The van der Waals surface area contributed by atoms with Gasteiger partial charge in [-0.15, -0.1) is 0 Å². The maximum Gasteiger partial charge on any atom is 0.131 e. The van der Waals surface area contributed by atoms with Gasteiger partial charge in [-0.25, -0.2) is 0 Å². The van der Waals surface area contributed by atoms with E-state index < -0.39 is 0 Å². The number of hydrogen-bond acceptors (Lipinski definition) is 3. The average Bonchev–Trinajstić information content (AvgIpc) is 3.15. The third kappa shape index (κ3) is 3.23. The van der Waals surface area contributed by atoms with Crippen molar-refractivity contribution in [1.82, 2.24) is 10.2 Å². The highest BCUT2D eigenvalue weighted by Crippen LogP contribution is 2.55. The van der Waals surface area contributed by atoms with Gasteiger partial charge in [0.05, 0.1) is 6.20 Å². The zero-order chi connectivity index (χ0) is 19.9. The van der Waals surface area contributed by atoms with Crippen LogP contribution in [0.15, 0.2) is 30.1 Å². The van der Waals surface area contributed by atoms with Gasteiger partial charge in [-0.05, 0) is 58.1 Å². The molecule has 0 radical (unpaired) electrons. The van der Waals surface area contributed by atoms with E-state index in [2.05, 4.69) is 50.0 Å². The number of aromatic amines is 1. The second kappa shape index (κ2) is 7.31. The maximum atomic E-state index is 11.5. The molecule has 0 fully saturated rings. The summed E-state index contributed by atoms with van der Waals surface area (Å²) >= 11 is 0. The zero-order valence-corrected chi connectivity index (χ0v) is 17.5. The van der Waals surface area contributed by atoms with E-state index in [-0.39, 0.29) is 11.5 Å². The lowest BCUT2D eigenvalue weighted by Crippen LogP contribution is -2.45. The van der Waals surface area contributed by atoms with Crippen LogP contribution in [-0.2, 0) is 6.42 Å². The van der Waals surface area contributed by atoms with Crippen LogP contribution in [-0.4, -0.2) is 20.9 Å². The van der Waals surface area contributed by atoms with E-state index in [4.69, 9.17) is 4.74 Å². The summed E-state index contributed by atoms with van der Waals surface area (Å²) in [5.74, 6) is 1.80. The van der Waals surface area contributed by atoms with Gasteiger partial charge in [0.25, 0.3) is 0 Å². The Hall–Kier alpha value is -2.23. The van der Waals surface area contributed by atoms with E-state index in [1.807, 2.05) is 6.20 Å². The number of rotatable bonds is 5. The van der Waals surface area contributed by atoms with E-state index >= 15 is 0 Å². The summed E-state index contributed by atoms with van der Waals surface area (Å²) in [7, 11) is 0. The van der Waals surface area contributed by atoms with Gasteiger partial charge in [0.2, 0.25) is 0 Å². The van der Waals surface area contributed by atoms with Crippen molar-refractivity contribution in [2.24, 2.45) is 5.92 Å². The SMILES string of the molecule is CCCCCc1cc2c(c(O)c1-c1cn[nH]c1)C1C=C(C)CCC1C(C)(C)O2. The summed E-state index contributed by atoms with van der Waals surface area (Å²) in [4.78, 5) is 0. The Labute approximate surface area is 168 Å². The fraction of sp³-hybridized carbons (Fsp3) is 0.542. The fourth-order valence-corrected chi connectivity index (χ4v) is 5.08. The number of aryl methyl sites for hydroxylation is 1. The molecule has 0 amide bonds. The lowest BCUT2D eigenvalue weighted by Gasteiger charge is -2.46. The van der Waals surface area contributed by atoms with Crippen LogP contribution in [0.4, 0.5) is 0 Å². The van der Waals surface area contributed by atoms with Crippen molar-refractivity contribution < 1.29 is 9.84 Å². The van der Waals surface area contributed by atoms with E-state index in [1.165, 1.54) is 18.4 Å². The van der Waals surface area contributed by atoms with Crippen molar-refractivity contribution >= 4 is 0 Å². The molecule has 0 bridgehead atoms. The first-order chi connectivity index (χ1) is 13.4. The molecule has 2 heterocycles. The van der Waals surface area contributed by atoms with Gasteiger partial charge < -0.3 is 9.84 Å².